The van der Waals surface area contributed by atoms with Crippen molar-refractivity contribution < 1.29 is 4.74 Å². The fraction of sp³-hybridized carbons (Fsp3) is 0.529. The maximum Gasteiger partial charge on any atom is 0.228 e. The van der Waals surface area contributed by atoms with Gasteiger partial charge in [-0.3, -0.25) is 4.57 Å². The van der Waals surface area contributed by atoms with Crippen LogP contribution in [0.2, 0.25) is 0 Å². The van der Waals surface area contributed by atoms with E-state index in [1.54, 1.807) is 18.9 Å². The summed E-state index contributed by atoms with van der Waals surface area (Å²) < 4.78 is 7.67. The molecule has 0 bridgehead atoms. The SMILES string of the molecule is COc1cccc(CSc2nnc(N3CCCC3)n2C2CC2)c1. The second-order valence-electron chi connectivity index (χ2n) is 6.22. The van der Waals surface area contributed by atoms with Gasteiger partial charge >= 0.3 is 0 Å². The number of nitrogens with zero attached hydrogens (tertiary/aromatic N) is 4. The molecule has 0 radical (unpaired) electrons. The summed E-state index contributed by atoms with van der Waals surface area (Å²) in [4.78, 5) is 2.39. The number of benzene rings is 1. The van der Waals surface area contributed by atoms with Crippen molar-refractivity contribution in [1.82, 2.24) is 14.8 Å². The van der Waals surface area contributed by atoms with Gasteiger partial charge in [0, 0.05) is 24.9 Å². The molecular formula is C17H22N4OS. The molecule has 1 aromatic heterocycles. The molecule has 5 nitrogen and oxygen atoms in total. The lowest BCUT2D eigenvalue weighted by Crippen LogP contribution is -2.22. The first-order valence-corrected chi connectivity index (χ1v) is 9.29. The van der Waals surface area contributed by atoms with Crippen LogP contribution >= 0.6 is 11.8 Å². The number of anilines is 1. The van der Waals surface area contributed by atoms with Crippen molar-refractivity contribution in [1.29, 1.82) is 0 Å². The van der Waals surface area contributed by atoms with Gasteiger partial charge in [0.15, 0.2) is 5.16 Å². The molecule has 6 heteroatoms. The van der Waals surface area contributed by atoms with Gasteiger partial charge in [-0.2, -0.15) is 0 Å². The summed E-state index contributed by atoms with van der Waals surface area (Å²) in [6.07, 6.45) is 5.05. The van der Waals surface area contributed by atoms with Crippen LogP contribution in [0.15, 0.2) is 29.4 Å². The highest BCUT2D eigenvalue weighted by atomic mass is 32.2. The van der Waals surface area contributed by atoms with Gasteiger partial charge in [0.1, 0.15) is 5.75 Å². The smallest absolute Gasteiger partial charge is 0.228 e. The number of hydrogen-bond acceptors (Lipinski definition) is 5. The molecule has 23 heavy (non-hydrogen) atoms. The second kappa shape index (κ2) is 6.43. The average molecular weight is 330 g/mol. The lowest BCUT2D eigenvalue weighted by Gasteiger charge is -2.18. The van der Waals surface area contributed by atoms with Crippen molar-refractivity contribution >= 4 is 17.7 Å². The van der Waals surface area contributed by atoms with Gasteiger partial charge in [-0.1, -0.05) is 23.9 Å². The molecule has 0 atom stereocenters. The average Bonchev–Trinajstić information content (AvgIpc) is 3.12. The first-order valence-electron chi connectivity index (χ1n) is 8.31. The van der Waals surface area contributed by atoms with Crippen molar-refractivity contribution in [2.24, 2.45) is 0 Å². The van der Waals surface area contributed by atoms with E-state index in [2.05, 4.69) is 31.8 Å². The third-order valence-electron chi connectivity index (χ3n) is 4.45. The molecule has 2 heterocycles. The van der Waals surface area contributed by atoms with Gasteiger partial charge in [0.25, 0.3) is 0 Å². The van der Waals surface area contributed by atoms with E-state index in [9.17, 15) is 0 Å². The van der Waals surface area contributed by atoms with Crippen molar-refractivity contribution in [3.63, 3.8) is 0 Å². The molecule has 0 amide bonds. The Kier molecular flexibility index (Phi) is 4.16. The maximum absolute atomic E-state index is 5.30. The Morgan fingerprint density at radius 3 is 2.78 bits per heavy atom. The number of aromatic nitrogens is 3. The molecule has 0 spiro atoms. The zero-order valence-electron chi connectivity index (χ0n) is 13.4. The minimum atomic E-state index is 0.605. The summed E-state index contributed by atoms with van der Waals surface area (Å²) in [5, 5.41) is 10.0. The van der Waals surface area contributed by atoms with Crippen molar-refractivity contribution in [3.8, 4) is 5.75 Å². The number of methoxy groups -OCH3 is 1. The van der Waals surface area contributed by atoms with Crippen LogP contribution in [0, 0.1) is 0 Å². The molecule has 2 aromatic rings. The summed E-state index contributed by atoms with van der Waals surface area (Å²) >= 11 is 1.77. The van der Waals surface area contributed by atoms with E-state index in [1.165, 1.54) is 31.2 Å². The Morgan fingerprint density at radius 1 is 1.22 bits per heavy atom. The van der Waals surface area contributed by atoms with Crippen LogP contribution in [0.5, 0.6) is 5.75 Å². The van der Waals surface area contributed by atoms with Crippen LogP contribution in [-0.2, 0) is 5.75 Å². The first-order chi connectivity index (χ1) is 11.3. The van der Waals surface area contributed by atoms with Gasteiger partial charge in [-0.25, -0.2) is 0 Å². The van der Waals surface area contributed by atoms with Crippen LogP contribution in [0.1, 0.15) is 37.3 Å². The molecule has 0 N–H and O–H groups in total. The fourth-order valence-corrected chi connectivity index (χ4v) is 4.01. The number of thioether (sulfide) groups is 1. The highest BCUT2D eigenvalue weighted by molar-refractivity contribution is 7.98. The van der Waals surface area contributed by atoms with Crippen LogP contribution in [-0.4, -0.2) is 35.0 Å². The topological polar surface area (TPSA) is 43.2 Å². The predicted octanol–water partition coefficient (Wildman–Crippen LogP) is 3.51. The van der Waals surface area contributed by atoms with Crippen molar-refractivity contribution in [3.05, 3.63) is 29.8 Å². The zero-order chi connectivity index (χ0) is 15.6. The normalized spacial score (nSPS) is 17.7. The van der Waals surface area contributed by atoms with E-state index < -0.39 is 0 Å². The van der Waals surface area contributed by atoms with E-state index in [-0.39, 0.29) is 0 Å². The monoisotopic (exact) mass is 330 g/mol. The number of hydrogen-bond donors (Lipinski definition) is 0. The van der Waals surface area contributed by atoms with Gasteiger partial charge in [0.2, 0.25) is 5.95 Å². The molecule has 1 saturated carbocycles. The Balaban J connectivity index is 1.52. The predicted molar refractivity (Wildman–Crippen MR) is 92.3 cm³/mol. The van der Waals surface area contributed by atoms with Crippen LogP contribution < -0.4 is 9.64 Å². The first kappa shape index (κ1) is 14.9. The molecule has 4 rings (SSSR count). The van der Waals surface area contributed by atoms with Crippen LogP contribution in [0.25, 0.3) is 0 Å². The molecule has 2 fully saturated rings. The summed E-state index contributed by atoms with van der Waals surface area (Å²) in [7, 11) is 1.71. The van der Waals surface area contributed by atoms with Gasteiger partial charge < -0.3 is 9.64 Å². The standard InChI is InChI=1S/C17H22N4OS/c1-22-15-6-4-5-13(11-15)12-23-17-19-18-16(20-9-2-3-10-20)21(17)14-7-8-14/h4-6,11,14H,2-3,7-10,12H2,1H3. The number of ether oxygens (including phenoxy) is 1. The highest BCUT2D eigenvalue weighted by Gasteiger charge is 2.32. The highest BCUT2D eigenvalue weighted by Crippen LogP contribution is 2.41. The molecule has 1 aliphatic carbocycles. The summed E-state index contributed by atoms with van der Waals surface area (Å²) in [6.45, 7) is 2.23. The third-order valence-corrected chi connectivity index (χ3v) is 5.46. The Hall–Kier alpha value is -1.69. The minimum absolute atomic E-state index is 0.605. The van der Waals surface area contributed by atoms with Crippen LogP contribution in [0.4, 0.5) is 5.95 Å². The van der Waals surface area contributed by atoms with Crippen molar-refractivity contribution in [2.75, 3.05) is 25.1 Å². The van der Waals surface area contributed by atoms with E-state index >= 15 is 0 Å². The van der Waals surface area contributed by atoms with E-state index in [4.69, 9.17) is 4.74 Å². The van der Waals surface area contributed by atoms with E-state index in [0.29, 0.717) is 6.04 Å². The molecular weight excluding hydrogens is 308 g/mol. The molecule has 2 aliphatic rings. The lowest BCUT2D eigenvalue weighted by atomic mass is 10.2. The molecule has 0 unspecified atom stereocenters. The Labute approximate surface area is 141 Å². The largest absolute Gasteiger partial charge is 0.497 e. The lowest BCUT2D eigenvalue weighted by molar-refractivity contribution is 0.414. The Morgan fingerprint density at radius 2 is 2.04 bits per heavy atom. The maximum atomic E-state index is 5.30. The third kappa shape index (κ3) is 3.17. The second-order valence-corrected chi connectivity index (χ2v) is 7.16. The molecule has 1 saturated heterocycles. The fourth-order valence-electron chi connectivity index (χ4n) is 3.06. The summed E-state index contributed by atoms with van der Waals surface area (Å²) in [5.41, 5.74) is 1.25. The number of rotatable bonds is 6. The van der Waals surface area contributed by atoms with Gasteiger partial charge in [-0.15, -0.1) is 10.2 Å². The minimum Gasteiger partial charge on any atom is -0.497 e. The summed E-state index contributed by atoms with van der Waals surface area (Å²) in [6, 6.07) is 8.84. The van der Waals surface area contributed by atoms with E-state index in [0.717, 1.165) is 35.7 Å². The zero-order valence-corrected chi connectivity index (χ0v) is 14.3. The van der Waals surface area contributed by atoms with E-state index in [1.807, 2.05) is 12.1 Å². The molecule has 1 aliphatic heterocycles. The van der Waals surface area contributed by atoms with Crippen LogP contribution in [0.3, 0.4) is 0 Å². The summed E-state index contributed by atoms with van der Waals surface area (Å²) in [5.74, 6) is 2.88. The quantitative estimate of drug-likeness (QED) is 0.758. The Bertz CT molecular complexity index is 677. The van der Waals surface area contributed by atoms with Gasteiger partial charge in [-0.05, 0) is 43.4 Å². The molecule has 122 valence electrons. The van der Waals surface area contributed by atoms with Crippen molar-refractivity contribution in [2.45, 2.75) is 42.6 Å². The van der Waals surface area contributed by atoms with Gasteiger partial charge in [0.05, 0.1) is 7.11 Å². The molecule has 1 aromatic carbocycles.